The highest BCUT2D eigenvalue weighted by Gasteiger charge is 2.11. The van der Waals surface area contributed by atoms with E-state index >= 15 is 0 Å². The molecule has 0 fully saturated rings. The molecule has 0 radical (unpaired) electrons. The highest BCUT2D eigenvalue weighted by atomic mass is 35.5. The fourth-order valence-electron chi connectivity index (χ4n) is 1.80. The molecule has 0 aliphatic carbocycles. The molecule has 0 saturated carbocycles. The highest BCUT2D eigenvalue weighted by Crippen LogP contribution is 2.30. The Morgan fingerprint density at radius 1 is 1.28 bits per heavy atom. The molecule has 2 rings (SSSR count). The summed E-state index contributed by atoms with van der Waals surface area (Å²) in [6.45, 7) is 5.07. The van der Waals surface area contributed by atoms with Crippen LogP contribution in [-0.4, -0.2) is 0 Å². The second kappa shape index (κ2) is 6.07. The van der Waals surface area contributed by atoms with Crippen molar-refractivity contribution in [3.8, 4) is 0 Å². The van der Waals surface area contributed by atoms with Crippen LogP contribution < -0.4 is 5.32 Å². The van der Waals surface area contributed by atoms with Crippen LogP contribution in [0.4, 0.5) is 0 Å². The third-order valence-corrected chi connectivity index (χ3v) is 4.75. The number of hydrogen-bond acceptors (Lipinski definition) is 2. The van der Waals surface area contributed by atoms with Crippen LogP contribution in [0.2, 0.25) is 10.0 Å². The van der Waals surface area contributed by atoms with Gasteiger partial charge in [0.15, 0.2) is 0 Å². The second-order valence-electron chi connectivity index (χ2n) is 4.33. The van der Waals surface area contributed by atoms with E-state index in [1.54, 1.807) is 11.3 Å². The Hall–Kier alpha value is -0.540. The monoisotopic (exact) mass is 299 g/mol. The van der Waals surface area contributed by atoms with E-state index in [1.165, 1.54) is 11.1 Å². The zero-order valence-corrected chi connectivity index (χ0v) is 12.7. The van der Waals surface area contributed by atoms with Gasteiger partial charge in [0, 0.05) is 12.6 Å². The lowest BCUT2D eigenvalue weighted by molar-refractivity contribution is 0.574. The topological polar surface area (TPSA) is 12.0 Å². The molecule has 18 heavy (non-hydrogen) atoms. The lowest BCUT2D eigenvalue weighted by atomic mass is 10.1. The Kier molecular flexibility index (Phi) is 4.68. The van der Waals surface area contributed by atoms with Crippen molar-refractivity contribution in [2.75, 3.05) is 0 Å². The largest absolute Gasteiger partial charge is 0.306 e. The number of nitrogens with one attached hydrogen (secondary N) is 1. The summed E-state index contributed by atoms with van der Waals surface area (Å²) in [6.07, 6.45) is 0. The lowest BCUT2D eigenvalue weighted by Gasteiger charge is -2.16. The van der Waals surface area contributed by atoms with Crippen molar-refractivity contribution in [3.05, 3.63) is 55.7 Å². The van der Waals surface area contributed by atoms with Crippen molar-refractivity contribution in [1.82, 2.24) is 5.32 Å². The molecule has 0 aliphatic rings. The minimum atomic E-state index is 0.176. The van der Waals surface area contributed by atoms with Crippen molar-refractivity contribution in [2.45, 2.75) is 26.4 Å². The Balaban J connectivity index is 2.06. The number of halogens is 2. The number of hydrogen-bond donors (Lipinski definition) is 1. The van der Waals surface area contributed by atoms with Gasteiger partial charge in [-0.15, -0.1) is 0 Å². The van der Waals surface area contributed by atoms with Crippen molar-refractivity contribution in [2.24, 2.45) is 0 Å². The molecule has 0 bridgehead atoms. The van der Waals surface area contributed by atoms with E-state index in [0.29, 0.717) is 10.0 Å². The molecule has 0 amide bonds. The summed E-state index contributed by atoms with van der Waals surface area (Å²) >= 11 is 14.0. The zero-order valence-electron chi connectivity index (χ0n) is 10.3. The van der Waals surface area contributed by atoms with Crippen LogP contribution in [0.1, 0.15) is 29.7 Å². The second-order valence-corrected chi connectivity index (χ2v) is 5.85. The maximum absolute atomic E-state index is 6.21. The molecule has 0 aliphatic heterocycles. The van der Waals surface area contributed by atoms with Gasteiger partial charge < -0.3 is 5.32 Å². The molecule has 96 valence electrons. The molecule has 0 saturated heterocycles. The summed E-state index contributed by atoms with van der Waals surface area (Å²) in [7, 11) is 0. The summed E-state index contributed by atoms with van der Waals surface area (Å²) in [4.78, 5) is 0. The van der Waals surface area contributed by atoms with Gasteiger partial charge in [-0.2, -0.15) is 11.3 Å². The van der Waals surface area contributed by atoms with Crippen LogP contribution in [0.5, 0.6) is 0 Å². The first-order chi connectivity index (χ1) is 8.59. The molecule has 2 aromatic rings. The molecular weight excluding hydrogens is 285 g/mol. The van der Waals surface area contributed by atoms with Gasteiger partial charge in [0.05, 0.1) is 10.0 Å². The van der Waals surface area contributed by atoms with Gasteiger partial charge in [-0.1, -0.05) is 35.3 Å². The van der Waals surface area contributed by atoms with E-state index < -0.39 is 0 Å². The quantitative estimate of drug-likeness (QED) is 0.817. The Morgan fingerprint density at radius 3 is 2.72 bits per heavy atom. The standard InChI is InChI=1S/C14H15Cl2NS/c1-9-7-18-8-11(9)6-17-10(2)12-4-3-5-13(15)14(12)16/h3-5,7-8,10,17H,6H2,1-2H3. The molecule has 1 nitrogen and oxygen atoms in total. The van der Waals surface area contributed by atoms with Crippen molar-refractivity contribution in [3.63, 3.8) is 0 Å². The van der Waals surface area contributed by atoms with Crippen LogP contribution in [0, 0.1) is 6.92 Å². The predicted molar refractivity (Wildman–Crippen MR) is 80.8 cm³/mol. The molecule has 0 spiro atoms. The average Bonchev–Trinajstić information content (AvgIpc) is 2.75. The third-order valence-electron chi connectivity index (χ3n) is 3.01. The van der Waals surface area contributed by atoms with E-state index in [4.69, 9.17) is 23.2 Å². The average molecular weight is 300 g/mol. The number of thiophene rings is 1. The summed E-state index contributed by atoms with van der Waals surface area (Å²) in [5, 5.41) is 9.06. The molecule has 4 heteroatoms. The Bertz CT molecular complexity index is 536. The van der Waals surface area contributed by atoms with E-state index in [2.05, 4.69) is 29.9 Å². The fraction of sp³-hybridized carbons (Fsp3) is 0.286. The Labute approximate surface area is 122 Å². The molecule has 1 aromatic heterocycles. The highest BCUT2D eigenvalue weighted by molar-refractivity contribution is 7.08. The van der Waals surface area contributed by atoms with Crippen LogP contribution in [0.15, 0.2) is 29.0 Å². The summed E-state index contributed by atoms with van der Waals surface area (Å²) in [5.41, 5.74) is 3.71. The third kappa shape index (κ3) is 3.07. The first-order valence-electron chi connectivity index (χ1n) is 5.78. The molecule has 1 aromatic carbocycles. The maximum atomic E-state index is 6.21. The first kappa shape index (κ1) is 13.9. The summed E-state index contributed by atoms with van der Waals surface area (Å²) in [5.74, 6) is 0. The smallest absolute Gasteiger partial charge is 0.0639 e. The fourth-order valence-corrected chi connectivity index (χ4v) is 3.12. The van der Waals surface area contributed by atoms with E-state index in [9.17, 15) is 0 Å². The van der Waals surface area contributed by atoms with Crippen LogP contribution in [-0.2, 0) is 6.54 Å². The van der Waals surface area contributed by atoms with Gasteiger partial charge in [0.25, 0.3) is 0 Å². The number of aryl methyl sites for hydroxylation is 1. The number of rotatable bonds is 4. The normalized spacial score (nSPS) is 12.7. The van der Waals surface area contributed by atoms with Gasteiger partial charge in [-0.3, -0.25) is 0 Å². The van der Waals surface area contributed by atoms with E-state index in [1.807, 2.05) is 18.2 Å². The predicted octanol–water partition coefficient (Wildman–Crippen LogP) is 5.21. The Morgan fingerprint density at radius 2 is 2.06 bits per heavy atom. The summed E-state index contributed by atoms with van der Waals surface area (Å²) in [6, 6.07) is 5.92. The SMILES string of the molecule is Cc1cscc1CNC(C)c1cccc(Cl)c1Cl. The van der Waals surface area contributed by atoms with Crippen molar-refractivity contribution in [1.29, 1.82) is 0 Å². The van der Waals surface area contributed by atoms with Crippen LogP contribution in [0.3, 0.4) is 0 Å². The zero-order chi connectivity index (χ0) is 13.1. The maximum Gasteiger partial charge on any atom is 0.0639 e. The van der Waals surface area contributed by atoms with Gasteiger partial charge in [-0.05, 0) is 47.4 Å². The van der Waals surface area contributed by atoms with Gasteiger partial charge in [-0.25, -0.2) is 0 Å². The minimum Gasteiger partial charge on any atom is -0.306 e. The first-order valence-corrected chi connectivity index (χ1v) is 7.48. The summed E-state index contributed by atoms with van der Waals surface area (Å²) < 4.78 is 0. The molecular formula is C14H15Cl2NS. The van der Waals surface area contributed by atoms with Crippen molar-refractivity contribution < 1.29 is 0 Å². The lowest BCUT2D eigenvalue weighted by Crippen LogP contribution is -2.18. The van der Waals surface area contributed by atoms with Gasteiger partial charge >= 0.3 is 0 Å². The van der Waals surface area contributed by atoms with E-state index in [0.717, 1.165) is 12.1 Å². The molecule has 1 N–H and O–H groups in total. The van der Waals surface area contributed by atoms with Crippen molar-refractivity contribution >= 4 is 34.5 Å². The molecule has 1 heterocycles. The van der Waals surface area contributed by atoms with Gasteiger partial charge in [0.2, 0.25) is 0 Å². The van der Waals surface area contributed by atoms with Crippen LogP contribution >= 0.6 is 34.5 Å². The molecule has 1 atom stereocenters. The molecule has 1 unspecified atom stereocenters. The minimum absolute atomic E-state index is 0.176. The van der Waals surface area contributed by atoms with E-state index in [-0.39, 0.29) is 6.04 Å². The number of benzene rings is 1. The van der Waals surface area contributed by atoms with Gasteiger partial charge in [0.1, 0.15) is 0 Å². The van der Waals surface area contributed by atoms with Crippen LogP contribution in [0.25, 0.3) is 0 Å².